The van der Waals surface area contributed by atoms with Gasteiger partial charge in [0.25, 0.3) is 5.91 Å². The first-order valence-corrected chi connectivity index (χ1v) is 11.5. The number of carbonyl (C=O) groups is 3. The predicted molar refractivity (Wildman–Crippen MR) is 125 cm³/mol. The Balaban J connectivity index is 2.03. The van der Waals surface area contributed by atoms with Crippen LogP contribution in [0, 0.1) is 11.7 Å². The van der Waals surface area contributed by atoms with Gasteiger partial charge in [-0.3, -0.25) is 14.9 Å². The first kappa shape index (κ1) is 25.1. The maximum Gasteiger partial charge on any atom is 0.321 e. The van der Waals surface area contributed by atoms with Gasteiger partial charge in [-0.25, -0.2) is 9.18 Å². The van der Waals surface area contributed by atoms with E-state index in [-0.39, 0.29) is 5.57 Å². The summed E-state index contributed by atoms with van der Waals surface area (Å²) in [5.74, 6) is -2.31. The van der Waals surface area contributed by atoms with E-state index in [0.717, 1.165) is 10.5 Å². The molecule has 0 radical (unpaired) electrons. The topological polar surface area (TPSA) is 95.5 Å². The number of hydrogen-bond donors (Lipinski definition) is 3. The molecule has 3 N–H and O–H groups in total. The molecule has 0 fully saturated rings. The van der Waals surface area contributed by atoms with Crippen LogP contribution in [0.4, 0.5) is 9.18 Å². The molecule has 8 heteroatoms. The van der Waals surface area contributed by atoms with E-state index in [1.165, 1.54) is 24.3 Å². The number of amides is 3. The van der Waals surface area contributed by atoms with Crippen LogP contribution in [0.2, 0.25) is 0 Å². The van der Waals surface area contributed by atoms with E-state index < -0.39 is 29.6 Å². The summed E-state index contributed by atoms with van der Waals surface area (Å²) in [4.78, 5) is 36.9. The molecule has 0 heterocycles. The lowest BCUT2D eigenvalue weighted by Crippen LogP contribution is -2.40. The van der Waals surface area contributed by atoms with Crippen LogP contribution < -0.4 is 10.6 Å². The van der Waals surface area contributed by atoms with Crippen molar-refractivity contribution in [1.29, 1.82) is 0 Å². The van der Waals surface area contributed by atoms with Crippen molar-refractivity contribution in [3.05, 3.63) is 65.5 Å². The van der Waals surface area contributed by atoms with Gasteiger partial charge in [0, 0.05) is 17.0 Å². The average Bonchev–Trinajstić information content (AvgIpc) is 2.78. The van der Waals surface area contributed by atoms with Crippen LogP contribution in [0.1, 0.15) is 37.3 Å². The number of carboxylic acid groups (broad SMARTS) is 1. The predicted octanol–water partition coefficient (Wildman–Crippen LogP) is 4.81. The van der Waals surface area contributed by atoms with Crippen molar-refractivity contribution in [2.45, 2.75) is 31.1 Å². The zero-order chi connectivity index (χ0) is 23.5. The molecule has 3 amide bonds. The molecule has 0 spiro atoms. The minimum absolute atomic E-state index is 0.229. The number of benzene rings is 2. The standard InChI is InChI=1S/C24H27FN2O4S/c1-16(23(29)30)5-3-4-14-26-24(31)27-22(28)21(18-8-10-19(25)11-9-18)15-17-6-12-20(32-2)13-7-17/h6-13,15-16H,3-5,14H2,1-2H3,(H,29,30)(H2,26,27,28,31)/b21-15-. The average molecular weight is 459 g/mol. The number of thioether (sulfide) groups is 1. The second kappa shape index (κ2) is 12.7. The Morgan fingerprint density at radius 1 is 1.06 bits per heavy atom. The van der Waals surface area contributed by atoms with Crippen molar-refractivity contribution in [3.8, 4) is 0 Å². The first-order chi connectivity index (χ1) is 15.3. The minimum Gasteiger partial charge on any atom is -0.481 e. The molecule has 0 aromatic heterocycles. The maximum absolute atomic E-state index is 13.3. The van der Waals surface area contributed by atoms with E-state index in [2.05, 4.69) is 10.6 Å². The lowest BCUT2D eigenvalue weighted by molar-refractivity contribution is -0.141. The summed E-state index contributed by atoms with van der Waals surface area (Å²) in [5, 5.41) is 13.8. The van der Waals surface area contributed by atoms with E-state index in [0.29, 0.717) is 31.4 Å². The van der Waals surface area contributed by atoms with Crippen LogP contribution in [0.3, 0.4) is 0 Å². The van der Waals surface area contributed by atoms with Crippen molar-refractivity contribution in [3.63, 3.8) is 0 Å². The molecule has 0 aliphatic carbocycles. The van der Waals surface area contributed by atoms with Gasteiger partial charge in [0.15, 0.2) is 0 Å². The van der Waals surface area contributed by atoms with E-state index in [1.54, 1.807) is 24.8 Å². The van der Waals surface area contributed by atoms with E-state index in [9.17, 15) is 18.8 Å². The smallest absolute Gasteiger partial charge is 0.321 e. The van der Waals surface area contributed by atoms with Gasteiger partial charge >= 0.3 is 12.0 Å². The second-order valence-corrected chi connectivity index (χ2v) is 8.16. The Labute approximate surface area is 191 Å². The Hall–Kier alpha value is -3.13. The highest BCUT2D eigenvalue weighted by Gasteiger charge is 2.16. The van der Waals surface area contributed by atoms with Crippen LogP contribution >= 0.6 is 11.8 Å². The number of urea groups is 1. The Morgan fingerprint density at radius 3 is 2.31 bits per heavy atom. The summed E-state index contributed by atoms with van der Waals surface area (Å²) < 4.78 is 13.3. The van der Waals surface area contributed by atoms with E-state index in [1.807, 2.05) is 30.5 Å². The van der Waals surface area contributed by atoms with Gasteiger partial charge in [0.1, 0.15) is 5.82 Å². The lowest BCUT2D eigenvalue weighted by atomic mass is 10.0. The fourth-order valence-corrected chi connectivity index (χ4v) is 3.30. The molecule has 1 atom stereocenters. The molecule has 0 bridgehead atoms. The summed E-state index contributed by atoms with van der Waals surface area (Å²) in [5.41, 5.74) is 1.48. The quantitative estimate of drug-likeness (QED) is 0.206. The van der Waals surface area contributed by atoms with Crippen molar-refractivity contribution >= 4 is 41.3 Å². The normalized spacial score (nSPS) is 12.2. The second-order valence-electron chi connectivity index (χ2n) is 7.28. The molecule has 32 heavy (non-hydrogen) atoms. The molecule has 2 rings (SSSR count). The van der Waals surface area contributed by atoms with Crippen molar-refractivity contribution in [2.75, 3.05) is 12.8 Å². The molecule has 170 valence electrons. The van der Waals surface area contributed by atoms with Crippen molar-refractivity contribution in [1.82, 2.24) is 10.6 Å². The molecular weight excluding hydrogens is 431 g/mol. The van der Waals surface area contributed by atoms with Crippen molar-refractivity contribution < 1.29 is 23.9 Å². The number of unbranched alkanes of at least 4 members (excludes halogenated alkanes) is 1. The minimum atomic E-state index is -0.843. The van der Waals surface area contributed by atoms with E-state index in [4.69, 9.17) is 5.11 Å². The Morgan fingerprint density at radius 2 is 1.72 bits per heavy atom. The fraction of sp³-hybridized carbons (Fsp3) is 0.292. The molecule has 2 aromatic carbocycles. The largest absolute Gasteiger partial charge is 0.481 e. The van der Waals surface area contributed by atoms with Crippen LogP contribution in [-0.2, 0) is 9.59 Å². The summed E-state index contributed by atoms with van der Waals surface area (Å²) >= 11 is 1.60. The molecular formula is C24H27FN2O4S. The highest BCUT2D eigenvalue weighted by atomic mass is 32.2. The van der Waals surface area contributed by atoms with Gasteiger partial charge in [0.05, 0.1) is 5.92 Å². The van der Waals surface area contributed by atoms with Gasteiger partial charge in [-0.05, 0) is 60.6 Å². The highest BCUT2D eigenvalue weighted by Crippen LogP contribution is 2.21. The van der Waals surface area contributed by atoms with Gasteiger partial charge < -0.3 is 10.4 Å². The number of imide groups is 1. The number of rotatable bonds is 10. The van der Waals surface area contributed by atoms with Crippen LogP contribution in [0.25, 0.3) is 11.6 Å². The third kappa shape index (κ3) is 8.19. The zero-order valence-corrected chi connectivity index (χ0v) is 18.9. The van der Waals surface area contributed by atoms with E-state index >= 15 is 0 Å². The SMILES string of the molecule is CSc1ccc(/C=C(\C(=O)NC(=O)NCCCCC(C)C(=O)O)c2ccc(F)cc2)cc1. The summed E-state index contributed by atoms with van der Waals surface area (Å²) in [7, 11) is 0. The Kier molecular flexibility index (Phi) is 9.94. The fourth-order valence-electron chi connectivity index (χ4n) is 2.89. The maximum atomic E-state index is 13.3. The number of hydrogen-bond acceptors (Lipinski definition) is 4. The number of halogens is 1. The third-order valence-corrected chi connectivity index (χ3v) is 5.57. The van der Waals surface area contributed by atoms with Crippen molar-refractivity contribution in [2.24, 2.45) is 5.92 Å². The van der Waals surface area contributed by atoms with Gasteiger partial charge in [-0.15, -0.1) is 11.8 Å². The molecule has 0 saturated carbocycles. The molecule has 2 aromatic rings. The van der Waals surface area contributed by atoms with Gasteiger partial charge in [-0.2, -0.15) is 0 Å². The number of carboxylic acids is 1. The summed E-state index contributed by atoms with van der Waals surface area (Å²) in [6.45, 7) is 1.95. The lowest BCUT2D eigenvalue weighted by Gasteiger charge is -2.11. The zero-order valence-electron chi connectivity index (χ0n) is 18.1. The summed E-state index contributed by atoms with van der Waals surface area (Å²) in [6, 6.07) is 12.4. The Bertz CT molecular complexity index is 959. The summed E-state index contributed by atoms with van der Waals surface area (Å²) in [6.07, 6.45) is 5.38. The molecule has 0 saturated heterocycles. The highest BCUT2D eigenvalue weighted by molar-refractivity contribution is 7.98. The van der Waals surface area contributed by atoms with Crippen LogP contribution in [0.15, 0.2) is 53.4 Å². The molecule has 6 nitrogen and oxygen atoms in total. The van der Waals surface area contributed by atoms with Gasteiger partial charge in [0.2, 0.25) is 0 Å². The van der Waals surface area contributed by atoms with Gasteiger partial charge in [-0.1, -0.05) is 37.6 Å². The first-order valence-electron chi connectivity index (χ1n) is 10.2. The molecule has 0 aliphatic heterocycles. The van der Waals surface area contributed by atoms with Crippen LogP contribution in [0.5, 0.6) is 0 Å². The molecule has 0 aliphatic rings. The number of aliphatic carboxylic acids is 1. The number of nitrogens with one attached hydrogen (secondary N) is 2. The number of carbonyl (C=O) groups excluding carboxylic acids is 2. The molecule has 1 unspecified atom stereocenters. The third-order valence-electron chi connectivity index (χ3n) is 4.82. The monoisotopic (exact) mass is 458 g/mol. The van der Waals surface area contributed by atoms with Crippen LogP contribution in [-0.4, -0.2) is 35.8 Å².